The zero-order valence-corrected chi connectivity index (χ0v) is 7.65. The number of nitrogens with zero attached hydrogens (tertiary/aromatic N) is 3. The zero-order chi connectivity index (χ0) is 9.84. The minimum atomic E-state index is -1.29. The highest BCUT2D eigenvalue weighted by Gasteiger charge is 2.01. The van der Waals surface area contributed by atoms with E-state index < -0.39 is 5.97 Å². The predicted octanol–water partition coefficient (Wildman–Crippen LogP) is -3.21. The van der Waals surface area contributed by atoms with Gasteiger partial charge in [-0.3, -0.25) is 0 Å². The molecule has 0 saturated heterocycles. The summed E-state index contributed by atoms with van der Waals surface area (Å²) < 4.78 is 1.50. The Morgan fingerprint density at radius 1 is 1.69 bits per heavy atom. The molecule has 13 heavy (non-hydrogen) atoms. The maximum atomic E-state index is 10.3. The lowest BCUT2D eigenvalue weighted by molar-refractivity contribution is -0.859. The van der Waals surface area contributed by atoms with Crippen molar-refractivity contribution in [1.82, 2.24) is 15.0 Å². The number of quaternary nitrogens is 1. The van der Waals surface area contributed by atoms with Gasteiger partial charge in [0.25, 0.3) is 0 Å². The molecule has 1 heterocycles. The average Bonchev–Trinajstić information content (AvgIpc) is 2.48. The van der Waals surface area contributed by atoms with E-state index in [1.165, 1.54) is 15.8 Å². The van der Waals surface area contributed by atoms with Crippen LogP contribution < -0.4 is 10.0 Å². The van der Waals surface area contributed by atoms with E-state index in [1.54, 1.807) is 0 Å². The molecular formula is C7H12N4O2. The van der Waals surface area contributed by atoms with Crippen molar-refractivity contribution in [2.24, 2.45) is 0 Å². The first-order chi connectivity index (χ1) is 6.09. The summed E-state index contributed by atoms with van der Waals surface area (Å²) >= 11 is 0. The highest BCUT2D eigenvalue weighted by Crippen LogP contribution is 1.89. The van der Waals surface area contributed by atoms with Gasteiger partial charge < -0.3 is 14.8 Å². The van der Waals surface area contributed by atoms with Crippen molar-refractivity contribution < 1.29 is 14.8 Å². The Hall–Kier alpha value is -1.43. The van der Waals surface area contributed by atoms with Crippen LogP contribution in [0.3, 0.4) is 0 Å². The van der Waals surface area contributed by atoms with Gasteiger partial charge in [-0.1, -0.05) is 5.21 Å². The van der Waals surface area contributed by atoms with E-state index in [9.17, 15) is 9.90 Å². The van der Waals surface area contributed by atoms with Crippen LogP contribution in [0.1, 0.15) is 10.5 Å². The number of carbonyl (C=O) groups is 1. The first-order valence-corrected chi connectivity index (χ1v) is 4.00. The number of likely N-dealkylation sites (N-methyl/N-ethyl adjacent to an activating group) is 1. The van der Waals surface area contributed by atoms with Crippen molar-refractivity contribution in [2.75, 3.05) is 20.6 Å². The van der Waals surface area contributed by atoms with E-state index in [0.29, 0.717) is 6.54 Å². The van der Waals surface area contributed by atoms with Crippen LogP contribution in [0.25, 0.3) is 0 Å². The Bertz CT molecular complexity index is 294. The molecule has 0 fully saturated rings. The van der Waals surface area contributed by atoms with Crippen LogP contribution in [0, 0.1) is 0 Å². The Balaban J connectivity index is 2.54. The van der Waals surface area contributed by atoms with Crippen molar-refractivity contribution in [2.45, 2.75) is 6.54 Å². The van der Waals surface area contributed by atoms with E-state index in [2.05, 4.69) is 10.3 Å². The molecule has 1 aromatic rings. The second-order valence-corrected chi connectivity index (χ2v) is 3.11. The monoisotopic (exact) mass is 184 g/mol. The van der Waals surface area contributed by atoms with Crippen molar-refractivity contribution in [3.8, 4) is 0 Å². The fraction of sp³-hybridized carbons (Fsp3) is 0.571. The lowest BCUT2D eigenvalue weighted by Crippen LogP contribution is -3.06. The van der Waals surface area contributed by atoms with Crippen LogP contribution in [-0.4, -0.2) is 41.6 Å². The fourth-order valence-corrected chi connectivity index (χ4v) is 0.839. The maximum absolute atomic E-state index is 10.3. The molecule has 6 nitrogen and oxygen atoms in total. The first-order valence-electron chi connectivity index (χ1n) is 4.00. The third kappa shape index (κ3) is 2.83. The highest BCUT2D eigenvalue weighted by molar-refractivity contribution is 5.82. The molecule has 0 atom stereocenters. The number of hydrogen-bond acceptors (Lipinski definition) is 4. The summed E-state index contributed by atoms with van der Waals surface area (Å²) in [6, 6.07) is 0. The van der Waals surface area contributed by atoms with Crippen molar-refractivity contribution in [3.05, 3.63) is 11.9 Å². The number of rotatable bonds is 4. The van der Waals surface area contributed by atoms with Gasteiger partial charge >= 0.3 is 0 Å². The molecule has 0 saturated carbocycles. The lowest BCUT2D eigenvalue weighted by Gasteiger charge is -2.05. The Labute approximate surface area is 75.8 Å². The van der Waals surface area contributed by atoms with Gasteiger partial charge in [0.1, 0.15) is 5.69 Å². The molecule has 0 aromatic carbocycles. The SMILES string of the molecule is C[NH+](C)CCn1cc(C(=O)[O-])nn1. The van der Waals surface area contributed by atoms with Gasteiger partial charge in [0, 0.05) is 0 Å². The van der Waals surface area contributed by atoms with Crippen LogP contribution in [-0.2, 0) is 6.54 Å². The zero-order valence-electron chi connectivity index (χ0n) is 7.65. The molecule has 0 spiro atoms. The fourth-order valence-electron chi connectivity index (χ4n) is 0.839. The van der Waals surface area contributed by atoms with Crippen LogP contribution in [0.15, 0.2) is 6.20 Å². The number of aromatic carboxylic acids is 1. The summed E-state index contributed by atoms with van der Waals surface area (Å²) in [5, 5.41) is 17.4. The van der Waals surface area contributed by atoms with Gasteiger partial charge in [0.15, 0.2) is 0 Å². The molecule has 72 valence electrons. The smallest absolute Gasteiger partial charge is 0.128 e. The van der Waals surface area contributed by atoms with Gasteiger partial charge in [-0.2, -0.15) is 0 Å². The maximum Gasteiger partial charge on any atom is 0.128 e. The molecular weight excluding hydrogens is 172 g/mol. The summed E-state index contributed by atoms with van der Waals surface area (Å²) in [6.07, 6.45) is 1.37. The van der Waals surface area contributed by atoms with E-state index in [-0.39, 0.29) is 5.69 Å². The van der Waals surface area contributed by atoms with E-state index in [4.69, 9.17) is 0 Å². The number of carboxylic acid groups (broad SMARTS) is 1. The summed E-state index contributed by atoms with van der Waals surface area (Å²) in [6.45, 7) is 1.53. The number of carboxylic acids is 1. The van der Waals surface area contributed by atoms with E-state index in [0.717, 1.165) is 6.54 Å². The number of aromatic nitrogens is 3. The second kappa shape index (κ2) is 3.99. The van der Waals surface area contributed by atoms with Crippen LogP contribution in [0.5, 0.6) is 0 Å². The number of hydrogen-bond donors (Lipinski definition) is 1. The van der Waals surface area contributed by atoms with Crippen molar-refractivity contribution in [3.63, 3.8) is 0 Å². The Morgan fingerprint density at radius 2 is 2.38 bits per heavy atom. The lowest BCUT2D eigenvalue weighted by atomic mass is 10.5. The van der Waals surface area contributed by atoms with Crippen LogP contribution in [0.2, 0.25) is 0 Å². The minimum Gasteiger partial charge on any atom is -0.543 e. The van der Waals surface area contributed by atoms with E-state index in [1.807, 2.05) is 14.1 Å². The average molecular weight is 184 g/mol. The van der Waals surface area contributed by atoms with Crippen molar-refractivity contribution in [1.29, 1.82) is 0 Å². The summed E-state index contributed by atoms with van der Waals surface area (Å²) in [4.78, 5) is 11.6. The molecule has 0 bridgehead atoms. The predicted molar refractivity (Wildman–Crippen MR) is 42.0 cm³/mol. The second-order valence-electron chi connectivity index (χ2n) is 3.11. The number of nitrogens with one attached hydrogen (secondary N) is 1. The summed E-state index contributed by atoms with van der Waals surface area (Å²) in [7, 11) is 4.02. The van der Waals surface area contributed by atoms with Gasteiger partial charge in [-0.05, 0) is 0 Å². The molecule has 1 N–H and O–H groups in total. The largest absolute Gasteiger partial charge is 0.543 e. The third-order valence-electron chi connectivity index (χ3n) is 1.59. The van der Waals surface area contributed by atoms with Gasteiger partial charge in [-0.25, -0.2) is 4.68 Å². The van der Waals surface area contributed by atoms with E-state index >= 15 is 0 Å². The van der Waals surface area contributed by atoms with Crippen molar-refractivity contribution >= 4 is 5.97 Å². The van der Waals surface area contributed by atoms with Gasteiger partial charge in [0.05, 0.1) is 39.4 Å². The molecule has 6 heteroatoms. The Morgan fingerprint density at radius 3 is 2.85 bits per heavy atom. The van der Waals surface area contributed by atoms with Crippen LogP contribution in [0.4, 0.5) is 0 Å². The first kappa shape index (κ1) is 9.66. The molecule has 0 amide bonds. The van der Waals surface area contributed by atoms with Gasteiger partial charge in [-0.15, -0.1) is 5.10 Å². The number of carbonyl (C=O) groups excluding carboxylic acids is 1. The molecule has 0 unspecified atom stereocenters. The molecule has 0 aliphatic rings. The normalized spacial score (nSPS) is 10.7. The summed E-state index contributed by atoms with van der Waals surface area (Å²) in [5.74, 6) is -1.29. The molecule has 0 aliphatic carbocycles. The minimum absolute atomic E-state index is 0.117. The van der Waals surface area contributed by atoms with Crippen LogP contribution >= 0.6 is 0 Å². The summed E-state index contributed by atoms with van der Waals surface area (Å²) in [5.41, 5.74) is -0.117. The standard InChI is InChI=1S/C7H12N4O2/c1-10(2)3-4-11-5-6(7(12)13)8-9-11/h5H,3-4H2,1-2H3,(H,12,13). The van der Waals surface area contributed by atoms with Gasteiger partial charge in [0.2, 0.25) is 0 Å². The quantitative estimate of drug-likeness (QED) is 0.534. The highest BCUT2D eigenvalue weighted by atomic mass is 16.4. The molecule has 0 aliphatic heterocycles. The topological polar surface area (TPSA) is 75.3 Å². The Kier molecular flexibility index (Phi) is 2.97. The molecule has 1 rings (SSSR count). The third-order valence-corrected chi connectivity index (χ3v) is 1.59. The molecule has 0 radical (unpaired) electrons. The molecule has 1 aromatic heterocycles.